The molecule has 0 radical (unpaired) electrons. The standard InChI is InChI=1S/C21H20ClNO3S/c1-4-14(21(25)26)19-12(3)23(17-10-16(22)18(24)9-15(17)19)20(27)13-7-5-11(2)6-8-13/h5-10,14,24H,4H2,1-3H3,(H,25,26). The van der Waals surface area contributed by atoms with Gasteiger partial charge in [-0.3, -0.25) is 4.79 Å². The van der Waals surface area contributed by atoms with E-state index < -0.39 is 11.9 Å². The van der Waals surface area contributed by atoms with Gasteiger partial charge in [0.25, 0.3) is 0 Å². The number of hydrogen-bond acceptors (Lipinski definition) is 3. The number of carboxylic acids is 1. The fraction of sp³-hybridized carbons (Fsp3) is 0.238. The second-order valence-electron chi connectivity index (χ2n) is 6.63. The van der Waals surface area contributed by atoms with E-state index in [0.717, 1.165) is 16.8 Å². The van der Waals surface area contributed by atoms with Gasteiger partial charge in [-0.05, 0) is 38.0 Å². The van der Waals surface area contributed by atoms with Crippen molar-refractivity contribution in [2.75, 3.05) is 0 Å². The van der Waals surface area contributed by atoms with Crippen LogP contribution in [0.2, 0.25) is 5.02 Å². The van der Waals surface area contributed by atoms with Gasteiger partial charge < -0.3 is 14.8 Å². The molecular formula is C21H20ClNO3S. The zero-order valence-corrected chi connectivity index (χ0v) is 16.9. The van der Waals surface area contributed by atoms with Gasteiger partial charge in [-0.25, -0.2) is 0 Å². The predicted molar refractivity (Wildman–Crippen MR) is 112 cm³/mol. The number of hydrogen-bond donors (Lipinski definition) is 2. The van der Waals surface area contributed by atoms with Crippen molar-refractivity contribution in [3.05, 3.63) is 63.8 Å². The van der Waals surface area contributed by atoms with Crippen LogP contribution in [0.25, 0.3) is 10.9 Å². The highest BCUT2D eigenvalue weighted by molar-refractivity contribution is 7.80. The largest absolute Gasteiger partial charge is 0.506 e. The molecule has 6 heteroatoms. The van der Waals surface area contributed by atoms with Gasteiger partial charge in [0.2, 0.25) is 0 Å². The summed E-state index contributed by atoms with van der Waals surface area (Å²) in [4.78, 5) is 12.4. The van der Waals surface area contributed by atoms with Crippen LogP contribution in [0.4, 0.5) is 0 Å². The van der Waals surface area contributed by atoms with Crippen molar-refractivity contribution in [3.8, 4) is 5.75 Å². The van der Waals surface area contributed by atoms with Crippen LogP contribution >= 0.6 is 23.8 Å². The highest BCUT2D eigenvalue weighted by atomic mass is 35.5. The number of benzene rings is 2. The number of aromatic nitrogens is 1. The average Bonchev–Trinajstić information content (AvgIpc) is 2.88. The van der Waals surface area contributed by atoms with Crippen LogP contribution in [0.15, 0.2) is 36.4 Å². The minimum absolute atomic E-state index is 0.0796. The summed E-state index contributed by atoms with van der Waals surface area (Å²) in [5, 5.41) is 20.6. The van der Waals surface area contributed by atoms with Crippen molar-refractivity contribution in [3.63, 3.8) is 0 Å². The van der Waals surface area contributed by atoms with Crippen LogP contribution in [0.5, 0.6) is 5.75 Å². The molecule has 3 rings (SSSR count). The Morgan fingerprint density at radius 2 is 1.85 bits per heavy atom. The molecule has 27 heavy (non-hydrogen) atoms. The summed E-state index contributed by atoms with van der Waals surface area (Å²) in [6, 6.07) is 11.0. The fourth-order valence-corrected chi connectivity index (χ4v) is 4.01. The lowest BCUT2D eigenvalue weighted by Gasteiger charge is -2.13. The molecule has 0 saturated carbocycles. The first kappa shape index (κ1) is 19.4. The van der Waals surface area contributed by atoms with E-state index in [9.17, 15) is 15.0 Å². The van der Waals surface area contributed by atoms with Crippen molar-refractivity contribution < 1.29 is 15.0 Å². The molecule has 0 aliphatic carbocycles. The van der Waals surface area contributed by atoms with Crippen molar-refractivity contribution in [1.82, 2.24) is 4.57 Å². The number of aryl methyl sites for hydroxylation is 1. The summed E-state index contributed by atoms with van der Waals surface area (Å²) < 4.78 is 1.85. The Balaban J connectivity index is 2.34. The van der Waals surface area contributed by atoms with Crippen LogP contribution in [0.1, 0.15) is 41.6 Å². The number of halogens is 1. The number of phenols is 1. The first-order valence-electron chi connectivity index (χ1n) is 8.63. The Labute approximate surface area is 168 Å². The van der Waals surface area contributed by atoms with Gasteiger partial charge in [-0.2, -0.15) is 0 Å². The molecule has 0 amide bonds. The van der Waals surface area contributed by atoms with Gasteiger partial charge in [-0.15, -0.1) is 0 Å². The van der Waals surface area contributed by atoms with E-state index in [0.29, 0.717) is 27.9 Å². The summed E-state index contributed by atoms with van der Waals surface area (Å²) in [7, 11) is 0. The van der Waals surface area contributed by atoms with Gasteiger partial charge in [0, 0.05) is 16.6 Å². The highest BCUT2D eigenvalue weighted by Gasteiger charge is 2.28. The number of carbonyl (C=O) groups is 1. The first-order valence-corrected chi connectivity index (χ1v) is 9.42. The van der Waals surface area contributed by atoms with Gasteiger partial charge >= 0.3 is 5.97 Å². The van der Waals surface area contributed by atoms with Crippen molar-refractivity contribution in [2.45, 2.75) is 33.1 Å². The number of phenolic OH excluding ortho intramolecular Hbond substituents is 1. The van der Waals surface area contributed by atoms with Gasteiger partial charge in [0.05, 0.1) is 16.5 Å². The lowest BCUT2D eigenvalue weighted by molar-refractivity contribution is -0.138. The van der Waals surface area contributed by atoms with E-state index in [4.69, 9.17) is 23.8 Å². The second-order valence-corrected chi connectivity index (χ2v) is 7.42. The molecule has 2 aromatic carbocycles. The molecule has 0 spiro atoms. The third-order valence-corrected chi connectivity index (χ3v) is 5.60. The minimum atomic E-state index is -0.907. The van der Waals surface area contributed by atoms with Gasteiger partial charge in [-0.1, -0.05) is 60.6 Å². The van der Waals surface area contributed by atoms with Crippen molar-refractivity contribution in [2.24, 2.45) is 0 Å². The Hall–Kier alpha value is -2.37. The Morgan fingerprint density at radius 3 is 2.41 bits per heavy atom. The monoisotopic (exact) mass is 401 g/mol. The molecule has 1 unspecified atom stereocenters. The zero-order chi connectivity index (χ0) is 19.9. The number of carboxylic acid groups (broad SMARTS) is 1. The number of aliphatic carboxylic acids is 1. The molecule has 1 atom stereocenters. The van der Waals surface area contributed by atoms with Crippen LogP contribution in [0.3, 0.4) is 0 Å². The third-order valence-electron chi connectivity index (χ3n) is 4.88. The Morgan fingerprint density at radius 1 is 1.22 bits per heavy atom. The van der Waals surface area contributed by atoms with E-state index in [2.05, 4.69) is 0 Å². The Bertz CT molecular complexity index is 1050. The summed E-state index contributed by atoms with van der Waals surface area (Å²) in [6.45, 7) is 5.68. The maximum Gasteiger partial charge on any atom is 0.311 e. The average molecular weight is 402 g/mol. The van der Waals surface area contributed by atoms with Crippen LogP contribution in [0, 0.1) is 13.8 Å². The van der Waals surface area contributed by atoms with Crippen LogP contribution in [-0.4, -0.2) is 25.7 Å². The number of nitrogens with zero attached hydrogens (tertiary/aromatic N) is 1. The lowest BCUT2D eigenvalue weighted by Crippen LogP contribution is -2.15. The molecule has 0 fully saturated rings. The number of aromatic hydroxyl groups is 1. The van der Waals surface area contributed by atoms with E-state index in [1.807, 2.05) is 49.6 Å². The van der Waals surface area contributed by atoms with Crippen molar-refractivity contribution >= 4 is 45.7 Å². The zero-order valence-electron chi connectivity index (χ0n) is 15.3. The molecule has 0 saturated heterocycles. The van der Waals surface area contributed by atoms with Crippen LogP contribution < -0.4 is 0 Å². The van der Waals surface area contributed by atoms with Gasteiger partial charge in [0.15, 0.2) is 0 Å². The lowest BCUT2D eigenvalue weighted by atomic mass is 9.94. The minimum Gasteiger partial charge on any atom is -0.506 e. The normalized spacial score (nSPS) is 12.3. The molecule has 0 bridgehead atoms. The molecule has 0 aliphatic rings. The molecule has 1 aromatic heterocycles. The molecular weight excluding hydrogens is 382 g/mol. The third kappa shape index (κ3) is 3.33. The predicted octanol–water partition coefficient (Wildman–Crippen LogP) is 5.42. The molecule has 4 nitrogen and oxygen atoms in total. The van der Waals surface area contributed by atoms with Crippen molar-refractivity contribution in [1.29, 1.82) is 0 Å². The molecule has 1 heterocycles. The SMILES string of the molecule is CCC(C(=O)O)c1c(C)n(C(=S)c2ccc(C)cc2)c2cc(Cl)c(O)cc12. The maximum atomic E-state index is 11.8. The molecule has 2 N–H and O–H groups in total. The number of thiocarbonyl (C=S) groups is 1. The van der Waals surface area contributed by atoms with Gasteiger partial charge in [0.1, 0.15) is 10.7 Å². The first-order chi connectivity index (χ1) is 12.8. The van der Waals surface area contributed by atoms with E-state index in [1.54, 1.807) is 6.07 Å². The smallest absolute Gasteiger partial charge is 0.311 e. The second kappa shape index (κ2) is 7.33. The van der Waals surface area contributed by atoms with Crippen LogP contribution in [-0.2, 0) is 4.79 Å². The summed E-state index contributed by atoms with van der Waals surface area (Å²) >= 11 is 11.9. The topological polar surface area (TPSA) is 62.5 Å². The maximum absolute atomic E-state index is 11.8. The quantitative estimate of drug-likeness (QED) is 0.573. The summed E-state index contributed by atoms with van der Waals surface area (Å²) in [5.74, 6) is -1.69. The van der Waals surface area contributed by atoms with E-state index in [-0.39, 0.29) is 10.8 Å². The fourth-order valence-electron chi connectivity index (χ4n) is 3.48. The molecule has 0 aliphatic heterocycles. The molecule has 3 aromatic rings. The number of rotatable bonds is 4. The molecule has 140 valence electrons. The Kier molecular flexibility index (Phi) is 5.27. The summed E-state index contributed by atoms with van der Waals surface area (Å²) in [6.07, 6.45) is 0.427. The van der Waals surface area contributed by atoms with E-state index in [1.165, 1.54) is 6.07 Å². The summed E-state index contributed by atoms with van der Waals surface area (Å²) in [5.41, 5.74) is 4.07. The van der Waals surface area contributed by atoms with E-state index >= 15 is 0 Å². The highest BCUT2D eigenvalue weighted by Crippen LogP contribution is 2.39. The number of fused-ring (bicyclic) bond motifs is 1.